The number of aryl methyl sites for hydroxylation is 1. The van der Waals surface area contributed by atoms with Crippen LogP contribution in [0.25, 0.3) is 10.9 Å². The van der Waals surface area contributed by atoms with Gasteiger partial charge in [-0.05, 0) is 93.0 Å². The van der Waals surface area contributed by atoms with Crippen molar-refractivity contribution in [2.45, 2.75) is 96.3 Å². The molecule has 2 N–H and O–H groups in total. The van der Waals surface area contributed by atoms with Crippen molar-refractivity contribution < 1.29 is 32.2 Å². The van der Waals surface area contributed by atoms with Crippen molar-refractivity contribution in [1.29, 1.82) is 5.26 Å². The standard InChI is InChI=1S/C41H45F3N4O4/c42-31-19-22-36(34(43)27-31)47-41(50)48-37-23-20-32(28-35(37)44)52-39-24-25-46-38-26-30(18-21-33(38)39)16-14-12-10-8-6-4-2-1-3-5-7-9-11-13-15-17-40(49)51-29-45/h1,3,18-28H,2,4-17H2,(H2,47,48,50)/b3-1-. The average Bonchev–Trinajstić information content (AvgIpc) is 3.12. The summed E-state index contributed by atoms with van der Waals surface area (Å²) in [5.41, 5.74) is 1.60. The van der Waals surface area contributed by atoms with Gasteiger partial charge < -0.3 is 20.1 Å². The van der Waals surface area contributed by atoms with Gasteiger partial charge in [-0.25, -0.2) is 18.0 Å². The number of fused-ring (bicyclic) bond motifs is 1. The number of nitrogens with zero attached hydrogens (tertiary/aromatic N) is 2. The lowest BCUT2D eigenvalue weighted by atomic mass is 10.0. The third-order valence-corrected chi connectivity index (χ3v) is 8.53. The molecular weight excluding hydrogens is 669 g/mol. The maximum Gasteiger partial charge on any atom is 0.323 e. The Kier molecular flexibility index (Phi) is 16.5. The lowest BCUT2D eigenvalue weighted by Gasteiger charge is -2.12. The Bertz CT molecular complexity index is 1840. The summed E-state index contributed by atoms with van der Waals surface area (Å²) in [6, 6.07) is 13.6. The van der Waals surface area contributed by atoms with Gasteiger partial charge in [-0.2, -0.15) is 0 Å². The molecule has 52 heavy (non-hydrogen) atoms. The van der Waals surface area contributed by atoms with Crippen LogP contribution in [0.3, 0.4) is 0 Å². The van der Waals surface area contributed by atoms with E-state index in [0.717, 1.165) is 86.9 Å². The molecule has 0 radical (unpaired) electrons. The second-order valence-electron chi connectivity index (χ2n) is 12.6. The van der Waals surface area contributed by atoms with Crippen LogP contribution in [-0.2, 0) is 16.0 Å². The van der Waals surface area contributed by atoms with Crippen LogP contribution in [0.1, 0.15) is 95.5 Å². The monoisotopic (exact) mass is 714 g/mol. The summed E-state index contributed by atoms with van der Waals surface area (Å²) >= 11 is 0. The van der Waals surface area contributed by atoms with E-state index in [2.05, 4.69) is 44.6 Å². The van der Waals surface area contributed by atoms with Crippen molar-refractivity contribution in [2.24, 2.45) is 0 Å². The van der Waals surface area contributed by atoms with Gasteiger partial charge >= 0.3 is 12.0 Å². The highest BCUT2D eigenvalue weighted by atomic mass is 19.1. The maximum absolute atomic E-state index is 14.8. The lowest BCUT2D eigenvalue weighted by Crippen LogP contribution is -2.20. The molecule has 8 nitrogen and oxygen atoms in total. The van der Waals surface area contributed by atoms with Crippen molar-refractivity contribution >= 4 is 34.3 Å². The maximum atomic E-state index is 14.8. The first-order chi connectivity index (χ1) is 25.3. The van der Waals surface area contributed by atoms with Gasteiger partial charge in [-0.3, -0.25) is 9.78 Å². The fourth-order valence-corrected chi connectivity index (χ4v) is 5.76. The normalized spacial score (nSPS) is 11.0. The average molecular weight is 715 g/mol. The smallest absolute Gasteiger partial charge is 0.323 e. The van der Waals surface area contributed by atoms with Gasteiger partial charge in [-0.15, -0.1) is 5.26 Å². The van der Waals surface area contributed by atoms with E-state index >= 15 is 0 Å². The molecule has 0 fully saturated rings. The van der Waals surface area contributed by atoms with Gasteiger partial charge in [0.1, 0.15) is 29.0 Å². The number of anilines is 2. The molecular formula is C41H45F3N4O4. The minimum Gasteiger partial charge on any atom is -0.456 e. The van der Waals surface area contributed by atoms with Crippen LogP contribution in [0.15, 0.2) is 79.0 Å². The third-order valence-electron chi connectivity index (χ3n) is 8.53. The van der Waals surface area contributed by atoms with E-state index in [-0.39, 0.29) is 17.1 Å². The fraction of sp³-hybridized carbons (Fsp3) is 0.366. The molecule has 0 bridgehead atoms. The summed E-state index contributed by atoms with van der Waals surface area (Å²) in [5, 5.41) is 13.6. The van der Waals surface area contributed by atoms with E-state index in [1.165, 1.54) is 56.1 Å². The Morgan fingerprint density at radius 3 is 2.04 bits per heavy atom. The Labute approximate surface area is 303 Å². The van der Waals surface area contributed by atoms with Crippen LogP contribution in [-0.4, -0.2) is 17.0 Å². The van der Waals surface area contributed by atoms with Gasteiger partial charge in [0.2, 0.25) is 0 Å². The van der Waals surface area contributed by atoms with Gasteiger partial charge in [0.25, 0.3) is 6.26 Å². The third kappa shape index (κ3) is 13.7. The quantitative estimate of drug-likeness (QED) is 0.0384. The molecule has 274 valence electrons. The molecule has 0 atom stereocenters. The second kappa shape index (κ2) is 21.8. The number of rotatable bonds is 21. The number of nitrogens with one attached hydrogen (secondary N) is 2. The number of urea groups is 1. The zero-order chi connectivity index (χ0) is 37.0. The molecule has 4 aromatic rings. The van der Waals surface area contributed by atoms with Crippen LogP contribution >= 0.6 is 0 Å². The van der Waals surface area contributed by atoms with Crippen molar-refractivity contribution in [3.63, 3.8) is 0 Å². The highest BCUT2D eigenvalue weighted by Crippen LogP contribution is 2.31. The topological polar surface area (TPSA) is 113 Å². The van der Waals surface area contributed by atoms with E-state index in [1.54, 1.807) is 12.3 Å². The van der Waals surface area contributed by atoms with Gasteiger partial charge in [0.05, 0.1) is 16.9 Å². The SMILES string of the molecule is N#COC(=O)CCCCCCC/C=C\CCCCCCCCc1ccc2c(Oc3ccc(NC(=O)Nc4ccc(F)cc4F)c(F)c3)ccnc2c1. The Hall–Kier alpha value is -5.37. The summed E-state index contributed by atoms with van der Waals surface area (Å²) < 4.78 is 52.0. The number of carbonyl (C=O) groups excluding carboxylic acids is 2. The Morgan fingerprint density at radius 2 is 1.37 bits per heavy atom. The van der Waals surface area contributed by atoms with E-state index < -0.39 is 29.5 Å². The molecule has 0 saturated carbocycles. The summed E-state index contributed by atoms with van der Waals surface area (Å²) in [6.45, 7) is 0. The molecule has 3 aromatic carbocycles. The minimum absolute atomic E-state index is 0.141. The highest BCUT2D eigenvalue weighted by Gasteiger charge is 2.13. The molecule has 1 heterocycles. The van der Waals surface area contributed by atoms with Gasteiger partial charge in [0, 0.05) is 30.1 Å². The lowest BCUT2D eigenvalue weighted by molar-refractivity contribution is -0.137. The first kappa shape index (κ1) is 39.4. The van der Waals surface area contributed by atoms with Crippen molar-refractivity contribution in [2.75, 3.05) is 10.6 Å². The van der Waals surface area contributed by atoms with Crippen molar-refractivity contribution in [3.05, 3.63) is 102 Å². The molecule has 0 aliphatic carbocycles. The van der Waals surface area contributed by atoms with E-state index in [0.29, 0.717) is 18.2 Å². The van der Waals surface area contributed by atoms with E-state index in [4.69, 9.17) is 10.00 Å². The van der Waals surface area contributed by atoms with Gasteiger partial charge in [0.15, 0.2) is 0 Å². The zero-order valence-corrected chi connectivity index (χ0v) is 29.3. The largest absolute Gasteiger partial charge is 0.456 e. The van der Waals surface area contributed by atoms with E-state index in [9.17, 15) is 22.8 Å². The highest BCUT2D eigenvalue weighted by molar-refractivity contribution is 6.00. The van der Waals surface area contributed by atoms with E-state index in [1.807, 2.05) is 6.07 Å². The molecule has 11 heteroatoms. The molecule has 4 rings (SSSR count). The van der Waals surface area contributed by atoms with Crippen LogP contribution in [0.2, 0.25) is 0 Å². The number of halogens is 3. The molecule has 2 amide bonds. The van der Waals surface area contributed by atoms with Crippen molar-refractivity contribution in [3.8, 4) is 17.8 Å². The van der Waals surface area contributed by atoms with Gasteiger partial charge in [-0.1, -0.05) is 63.2 Å². The van der Waals surface area contributed by atoms with Crippen molar-refractivity contribution in [1.82, 2.24) is 4.98 Å². The number of pyridine rings is 1. The number of nitriles is 1. The number of ether oxygens (including phenoxy) is 2. The number of allylic oxidation sites excluding steroid dienone is 2. The number of amides is 2. The number of unbranched alkanes of at least 4 members (excludes halogenated alkanes) is 11. The molecule has 0 saturated heterocycles. The second-order valence-corrected chi connectivity index (χ2v) is 12.6. The predicted molar refractivity (Wildman–Crippen MR) is 196 cm³/mol. The zero-order valence-electron chi connectivity index (χ0n) is 29.3. The number of hydrogen-bond donors (Lipinski definition) is 2. The predicted octanol–water partition coefficient (Wildman–Crippen LogP) is 11.7. The Morgan fingerprint density at radius 1 is 0.731 bits per heavy atom. The van der Waals surface area contributed by atoms with Crippen LogP contribution in [0.4, 0.5) is 29.3 Å². The summed E-state index contributed by atoms with van der Waals surface area (Å²) in [5.74, 6) is -2.18. The Balaban J connectivity index is 1.10. The number of benzene rings is 3. The number of esters is 1. The molecule has 0 aliphatic rings. The number of hydrogen-bond acceptors (Lipinski definition) is 6. The molecule has 0 spiro atoms. The first-order valence-electron chi connectivity index (χ1n) is 17.9. The van der Waals surface area contributed by atoms with Crippen LogP contribution in [0.5, 0.6) is 11.5 Å². The molecule has 0 aliphatic heterocycles. The summed E-state index contributed by atoms with van der Waals surface area (Å²) in [6.07, 6.45) is 23.5. The first-order valence-corrected chi connectivity index (χ1v) is 17.9. The van der Waals surface area contributed by atoms with Crippen LogP contribution in [0, 0.1) is 29.0 Å². The number of carbonyl (C=O) groups is 2. The minimum atomic E-state index is -0.950. The summed E-state index contributed by atoms with van der Waals surface area (Å²) in [7, 11) is 0. The summed E-state index contributed by atoms with van der Waals surface area (Å²) in [4.78, 5) is 27.9. The van der Waals surface area contributed by atoms with Crippen LogP contribution < -0.4 is 15.4 Å². The molecule has 0 unspecified atom stereocenters. The fourth-order valence-electron chi connectivity index (χ4n) is 5.76. The molecule has 1 aromatic heterocycles. The number of aromatic nitrogens is 1.